The van der Waals surface area contributed by atoms with Gasteiger partial charge in [0.1, 0.15) is 30.5 Å². The molecular weight excluding hydrogens is 789 g/mol. The third kappa shape index (κ3) is 31.0. The Labute approximate surface area is 361 Å². The van der Waals surface area contributed by atoms with Gasteiger partial charge in [-0.2, -0.15) is 8.42 Å². The molecule has 0 aliphatic carbocycles. The summed E-state index contributed by atoms with van der Waals surface area (Å²) in [5.41, 5.74) is 0. The summed E-state index contributed by atoms with van der Waals surface area (Å²) in [6.07, 6.45) is 41.6. The summed E-state index contributed by atoms with van der Waals surface area (Å²) in [7, 11) is -5.07. The summed E-state index contributed by atoms with van der Waals surface area (Å²) >= 11 is 0. The van der Waals surface area contributed by atoms with Gasteiger partial charge in [0.15, 0.2) is 6.29 Å². The molecule has 1 aliphatic heterocycles. The zero-order valence-electron chi connectivity index (χ0n) is 36.2. The quantitative estimate of drug-likeness (QED) is 0.0204. The van der Waals surface area contributed by atoms with E-state index >= 15 is 0 Å². The van der Waals surface area contributed by atoms with E-state index in [1.807, 2.05) is 0 Å². The van der Waals surface area contributed by atoms with E-state index < -0.39 is 59.8 Å². The summed E-state index contributed by atoms with van der Waals surface area (Å²) in [5, 5.41) is 30.6. The van der Waals surface area contributed by atoms with Crippen molar-refractivity contribution in [3.63, 3.8) is 0 Å². The van der Waals surface area contributed by atoms with E-state index in [4.69, 9.17) is 23.5 Å². The first-order valence-electron chi connectivity index (χ1n) is 22.0. The molecule has 342 valence electrons. The van der Waals surface area contributed by atoms with Gasteiger partial charge in [0.2, 0.25) is 0 Å². The molecule has 0 radical (unpaired) electrons. The molecule has 4 N–H and O–H groups in total. The van der Waals surface area contributed by atoms with Crippen molar-refractivity contribution in [2.45, 2.75) is 166 Å². The molecule has 0 aromatic rings. The Hall–Kier alpha value is -2.98. The van der Waals surface area contributed by atoms with E-state index in [-0.39, 0.29) is 19.6 Å². The predicted molar refractivity (Wildman–Crippen MR) is 238 cm³/mol. The number of aliphatic hydroxyl groups is 3. The largest absolute Gasteiger partial charge is 0.457 e. The Balaban J connectivity index is 2.48. The van der Waals surface area contributed by atoms with Gasteiger partial charge >= 0.3 is 16.4 Å². The Morgan fingerprint density at radius 2 is 1.10 bits per heavy atom. The van der Waals surface area contributed by atoms with Gasteiger partial charge in [-0.25, -0.2) is 4.18 Å². The number of esters is 1. The predicted octanol–water partition coefficient (Wildman–Crippen LogP) is 9.07. The monoisotopic (exact) mass is 865 g/mol. The van der Waals surface area contributed by atoms with Crippen LogP contribution in [0.5, 0.6) is 0 Å². The second kappa shape index (κ2) is 37.8. The van der Waals surface area contributed by atoms with Crippen molar-refractivity contribution in [3.05, 3.63) is 97.2 Å². The van der Waals surface area contributed by atoms with E-state index in [1.54, 1.807) is 0 Å². The lowest BCUT2D eigenvalue weighted by atomic mass is 9.99. The van der Waals surface area contributed by atoms with E-state index in [1.165, 1.54) is 0 Å². The van der Waals surface area contributed by atoms with Crippen LogP contribution in [0.4, 0.5) is 0 Å². The lowest BCUT2D eigenvalue weighted by molar-refractivity contribution is -0.301. The van der Waals surface area contributed by atoms with Crippen molar-refractivity contribution in [1.82, 2.24) is 0 Å². The molecule has 60 heavy (non-hydrogen) atoms. The maximum absolute atomic E-state index is 12.8. The fourth-order valence-corrected chi connectivity index (χ4v) is 6.45. The summed E-state index contributed by atoms with van der Waals surface area (Å²) in [6, 6.07) is 0. The maximum Gasteiger partial charge on any atom is 0.397 e. The molecule has 6 atom stereocenters. The minimum Gasteiger partial charge on any atom is -0.457 e. The highest BCUT2D eigenvalue weighted by Crippen LogP contribution is 2.26. The minimum absolute atomic E-state index is 0.000273. The van der Waals surface area contributed by atoms with Crippen LogP contribution in [0.3, 0.4) is 0 Å². The average Bonchev–Trinajstić information content (AvgIpc) is 3.22. The SMILES string of the molecule is CC/C=C\C/C=C\C/C=C\C/C=C\C/C=C\CCCCCCOCC(COC1OC(CO)C(O)C(OS(=O)(=O)O)C1O)OC(=O)CCCCC/C=C\C/C=C\C/C=C\CC. The van der Waals surface area contributed by atoms with E-state index in [0.717, 1.165) is 103 Å². The van der Waals surface area contributed by atoms with Crippen molar-refractivity contribution in [2.75, 3.05) is 26.4 Å². The molecule has 0 amide bonds. The topological polar surface area (TPSA) is 178 Å². The molecule has 6 unspecified atom stereocenters. The van der Waals surface area contributed by atoms with Crippen molar-refractivity contribution in [2.24, 2.45) is 0 Å². The van der Waals surface area contributed by atoms with Gasteiger partial charge in [-0.05, 0) is 89.9 Å². The molecule has 1 heterocycles. The zero-order valence-corrected chi connectivity index (χ0v) is 37.0. The number of unbranched alkanes of at least 4 members (excludes halogenated alkanes) is 7. The Morgan fingerprint density at radius 3 is 1.58 bits per heavy atom. The second-order valence-corrected chi connectivity index (χ2v) is 15.6. The van der Waals surface area contributed by atoms with Gasteiger partial charge in [-0.1, -0.05) is 130 Å². The van der Waals surface area contributed by atoms with Gasteiger partial charge in [0.05, 0.1) is 19.8 Å². The van der Waals surface area contributed by atoms with Crippen LogP contribution in [0.25, 0.3) is 0 Å². The Kier molecular flexibility index (Phi) is 34.6. The van der Waals surface area contributed by atoms with Crippen molar-refractivity contribution < 1.29 is 56.2 Å². The summed E-state index contributed by atoms with van der Waals surface area (Å²) in [6.45, 7) is 3.62. The summed E-state index contributed by atoms with van der Waals surface area (Å²) in [5.74, 6) is -0.443. The van der Waals surface area contributed by atoms with Crippen molar-refractivity contribution in [1.29, 1.82) is 0 Å². The average molecular weight is 865 g/mol. The van der Waals surface area contributed by atoms with Crippen LogP contribution in [0, 0.1) is 0 Å². The third-order valence-electron chi connectivity index (χ3n) is 9.20. The van der Waals surface area contributed by atoms with Gasteiger partial charge < -0.3 is 34.3 Å². The number of allylic oxidation sites excluding steroid dienone is 16. The second-order valence-electron chi connectivity index (χ2n) is 14.5. The number of carbonyl (C=O) groups is 1. The Bertz CT molecular complexity index is 1410. The third-order valence-corrected chi connectivity index (χ3v) is 9.67. The Morgan fingerprint density at radius 1 is 0.633 bits per heavy atom. The van der Waals surface area contributed by atoms with Crippen LogP contribution in [-0.4, -0.2) is 97.5 Å². The molecular formula is C47H76O12S. The normalized spacial score (nSPS) is 21.2. The molecule has 1 rings (SSSR count). The lowest BCUT2D eigenvalue weighted by Gasteiger charge is -2.41. The van der Waals surface area contributed by atoms with E-state index in [0.29, 0.717) is 13.0 Å². The molecule has 0 aromatic carbocycles. The highest BCUT2D eigenvalue weighted by molar-refractivity contribution is 7.80. The number of ether oxygens (including phenoxy) is 4. The molecule has 13 heteroatoms. The van der Waals surface area contributed by atoms with Gasteiger partial charge in [-0.3, -0.25) is 9.35 Å². The van der Waals surface area contributed by atoms with Crippen molar-refractivity contribution in [3.8, 4) is 0 Å². The van der Waals surface area contributed by atoms with E-state index in [2.05, 4.69) is 115 Å². The van der Waals surface area contributed by atoms with Crippen molar-refractivity contribution >= 4 is 16.4 Å². The molecule has 0 spiro atoms. The number of aliphatic hydroxyl groups excluding tert-OH is 3. The van der Waals surface area contributed by atoms with Crippen LogP contribution < -0.4 is 0 Å². The fourth-order valence-electron chi connectivity index (χ4n) is 5.95. The van der Waals surface area contributed by atoms with E-state index in [9.17, 15) is 28.5 Å². The van der Waals surface area contributed by atoms with Crippen LogP contribution in [-0.2, 0) is 38.3 Å². The van der Waals surface area contributed by atoms with Gasteiger partial charge in [0.25, 0.3) is 0 Å². The summed E-state index contributed by atoms with van der Waals surface area (Å²) < 4.78 is 58.9. The maximum atomic E-state index is 12.8. The summed E-state index contributed by atoms with van der Waals surface area (Å²) in [4.78, 5) is 12.8. The molecule has 0 saturated carbocycles. The molecule has 1 saturated heterocycles. The molecule has 0 aromatic heterocycles. The number of carbonyl (C=O) groups excluding carboxylic acids is 1. The number of hydrogen-bond acceptors (Lipinski definition) is 11. The number of rotatable bonds is 36. The van der Waals surface area contributed by atoms with Crippen LogP contribution in [0.2, 0.25) is 0 Å². The standard InChI is InChI=1S/C47H76O12S/c1-3-5-7-9-11-13-15-17-18-19-20-21-22-23-25-27-29-31-33-35-37-55-39-41(40-56-47-45(51)46(59-60(52,53)54)44(50)42(38-48)58-47)57-43(49)36-34-32-30-28-26-24-16-14-12-10-8-6-4-2/h5-8,11-14,17-18,20-21,23-26,41-42,44-48,50-51H,3-4,9-10,15-16,19,22,27-40H2,1-2H3,(H,52,53,54)/b7-5-,8-6-,13-11-,14-12-,18-17-,21-20-,25-23-,26-24-. The molecule has 1 fully saturated rings. The lowest BCUT2D eigenvalue weighted by Crippen LogP contribution is -2.60. The number of hydrogen-bond donors (Lipinski definition) is 4. The van der Waals surface area contributed by atoms with Gasteiger partial charge in [0, 0.05) is 13.0 Å². The molecule has 12 nitrogen and oxygen atoms in total. The smallest absolute Gasteiger partial charge is 0.397 e. The highest BCUT2D eigenvalue weighted by Gasteiger charge is 2.48. The minimum atomic E-state index is -5.07. The zero-order chi connectivity index (χ0) is 43.9. The van der Waals surface area contributed by atoms with Crippen LogP contribution in [0.1, 0.15) is 129 Å². The van der Waals surface area contributed by atoms with Crippen LogP contribution >= 0.6 is 0 Å². The fraction of sp³-hybridized carbons (Fsp3) is 0.638. The van der Waals surface area contributed by atoms with Crippen LogP contribution in [0.15, 0.2) is 97.2 Å². The van der Waals surface area contributed by atoms with Gasteiger partial charge in [-0.15, -0.1) is 0 Å². The first kappa shape index (κ1) is 55.0. The molecule has 0 bridgehead atoms. The highest BCUT2D eigenvalue weighted by atomic mass is 32.3. The molecule has 1 aliphatic rings. The first-order valence-corrected chi connectivity index (χ1v) is 23.4. The first-order chi connectivity index (χ1) is 29.1.